The average Bonchev–Trinajstić information content (AvgIpc) is 3.19. The number of amides is 1. The van der Waals surface area contributed by atoms with Gasteiger partial charge in [-0.1, -0.05) is 18.2 Å². The predicted molar refractivity (Wildman–Crippen MR) is 113 cm³/mol. The van der Waals surface area contributed by atoms with Gasteiger partial charge in [0.2, 0.25) is 5.91 Å². The Morgan fingerprint density at radius 3 is 2.64 bits per heavy atom. The number of carbonyl (C=O) groups is 1. The van der Waals surface area contributed by atoms with Crippen molar-refractivity contribution in [3.8, 4) is 5.75 Å². The SMILES string of the molecule is COc1cc2c(cc1NC(=O)CC1CC3CCC(C1)N3)oc1ccccc12.Cl. The van der Waals surface area contributed by atoms with Gasteiger partial charge in [-0.3, -0.25) is 4.79 Å². The van der Waals surface area contributed by atoms with Gasteiger partial charge < -0.3 is 19.8 Å². The number of benzene rings is 2. The van der Waals surface area contributed by atoms with E-state index in [4.69, 9.17) is 9.15 Å². The molecule has 148 valence electrons. The minimum atomic E-state index is 0. The van der Waals surface area contributed by atoms with Crippen molar-refractivity contribution in [1.29, 1.82) is 0 Å². The van der Waals surface area contributed by atoms with Crippen molar-refractivity contribution in [3.63, 3.8) is 0 Å². The zero-order chi connectivity index (χ0) is 18.4. The number of para-hydroxylation sites is 1. The van der Waals surface area contributed by atoms with Crippen LogP contribution in [0.15, 0.2) is 40.8 Å². The number of furan rings is 1. The second-order valence-corrected chi connectivity index (χ2v) is 7.87. The molecule has 5 rings (SSSR count). The smallest absolute Gasteiger partial charge is 0.224 e. The molecule has 2 bridgehead atoms. The fourth-order valence-electron chi connectivity index (χ4n) is 4.82. The lowest BCUT2D eigenvalue weighted by atomic mass is 9.89. The number of hydrogen-bond acceptors (Lipinski definition) is 4. The highest BCUT2D eigenvalue weighted by Crippen LogP contribution is 2.37. The van der Waals surface area contributed by atoms with Gasteiger partial charge in [-0.05, 0) is 43.7 Å². The molecule has 0 saturated carbocycles. The zero-order valence-corrected chi connectivity index (χ0v) is 16.7. The zero-order valence-electron chi connectivity index (χ0n) is 15.9. The lowest BCUT2D eigenvalue weighted by molar-refractivity contribution is -0.117. The molecule has 2 fully saturated rings. The van der Waals surface area contributed by atoms with Crippen LogP contribution in [0, 0.1) is 5.92 Å². The Balaban J connectivity index is 0.00000192. The molecule has 1 aromatic heterocycles. The Morgan fingerprint density at radius 2 is 1.89 bits per heavy atom. The molecule has 0 radical (unpaired) electrons. The topological polar surface area (TPSA) is 63.5 Å². The highest BCUT2D eigenvalue weighted by atomic mass is 35.5. The summed E-state index contributed by atoms with van der Waals surface area (Å²) in [4.78, 5) is 12.7. The van der Waals surface area contributed by atoms with E-state index >= 15 is 0 Å². The van der Waals surface area contributed by atoms with Gasteiger partial charge in [-0.2, -0.15) is 0 Å². The van der Waals surface area contributed by atoms with E-state index in [-0.39, 0.29) is 18.3 Å². The lowest BCUT2D eigenvalue weighted by Gasteiger charge is -2.28. The van der Waals surface area contributed by atoms with Crippen LogP contribution in [0.4, 0.5) is 5.69 Å². The van der Waals surface area contributed by atoms with Crippen LogP contribution in [0.5, 0.6) is 5.75 Å². The van der Waals surface area contributed by atoms with Crippen molar-refractivity contribution in [2.75, 3.05) is 12.4 Å². The minimum absolute atomic E-state index is 0. The van der Waals surface area contributed by atoms with E-state index in [9.17, 15) is 4.79 Å². The van der Waals surface area contributed by atoms with Gasteiger partial charge in [0.05, 0.1) is 12.8 Å². The van der Waals surface area contributed by atoms with E-state index in [1.165, 1.54) is 12.8 Å². The summed E-state index contributed by atoms with van der Waals surface area (Å²) in [7, 11) is 1.63. The van der Waals surface area contributed by atoms with Gasteiger partial charge in [0.25, 0.3) is 0 Å². The number of anilines is 1. The van der Waals surface area contributed by atoms with Crippen LogP contribution in [0.2, 0.25) is 0 Å². The Kier molecular flexibility index (Phi) is 5.21. The number of nitrogens with one attached hydrogen (secondary N) is 2. The number of rotatable bonds is 4. The van der Waals surface area contributed by atoms with Gasteiger partial charge in [-0.15, -0.1) is 12.4 Å². The van der Waals surface area contributed by atoms with E-state index in [2.05, 4.69) is 10.6 Å². The summed E-state index contributed by atoms with van der Waals surface area (Å²) in [5.74, 6) is 1.17. The fourth-order valence-corrected chi connectivity index (χ4v) is 4.82. The molecular weight excluding hydrogens is 376 g/mol. The number of methoxy groups -OCH3 is 1. The van der Waals surface area contributed by atoms with Crippen LogP contribution in [0.25, 0.3) is 21.9 Å². The van der Waals surface area contributed by atoms with E-state index < -0.39 is 0 Å². The highest BCUT2D eigenvalue weighted by Gasteiger charge is 2.34. The molecule has 2 aliphatic rings. The van der Waals surface area contributed by atoms with Crippen molar-refractivity contribution in [1.82, 2.24) is 5.32 Å². The normalized spacial score (nSPS) is 23.5. The van der Waals surface area contributed by atoms with Crippen molar-refractivity contribution in [2.45, 2.75) is 44.2 Å². The summed E-state index contributed by atoms with van der Waals surface area (Å²) in [5, 5.41) is 8.73. The first-order chi connectivity index (χ1) is 13.2. The van der Waals surface area contributed by atoms with Crippen LogP contribution < -0.4 is 15.4 Å². The number of fused-ring (bicyclic) bond motifs is 5. The second-order valence-electron chi connectivity index (χ2n) is 7.87. The molecule has 1 amide bonds. The number of piperidine rings is 1. The Hall–Kier alpha value is -2.24. The fraction of sp³-hybridized carbons (Fsp3) is 0.409. The molecule has 0 spiro atoms. The Labute approximate surface area is 170 Å². The van der Waals surface area contributed by atoms with Gasteiger partial charge in [-0.25, -0.2) is 0 Å². The standard InChI is InChI=1S/C22H24N2O3.ClH/c1-26-21-11-17-16-4-2-3-5-19(16)27-20(17)12-18(21)24-22(25)10-13-8-14-6-7-15(9-13)23-14;/h2-5,11-15,23H,6-10H2,1H3,(H,24,25);1H. The largest absolute Gasteiger partial charge is 0.495 e. The maximum atomic E-state index is 12.7. The monoisotopic (exact) mass is 400 g/mol. The lowest BCUT2D eigenvalue weighted by Crippen LogP contribution is -2.39. The number of halogens is 1. The summed E-state index contributed by atoms with van der Waals surface area (Å²) in [6.07, 6.45) is 5.27. The van der Waals surface area contributed by atoms with E-state index in [1.807, 2.05) is 36.4 Å². The van der Waals surface area contributed by atoms with Crippen LogP contribution in [-0.2, 0) is 4.79 Å². The first kappa shape index (κ1) is 19.1. The summed E-state index contributed by atoms with van der Waals surface area (Å²) in [5.41, 5.74) is 2.27. The van der Waals surface area contributed by atoms with E-state index in [0.29, 0.717) is 35.9 Å². The molecule has 3 heterocycles. The van der Waals surface area contributed by atoms with E-state index in [0.717, 1.165) is 34.8 Å². The molecule has 2 aromatic carbocycles. The van der Waals surface area contributed by atoms with Crippen LogP contribution in [0.1, 0.15) is 32.1 Å². The van der Waals surface area contributed by atoms with Gasteiger partial charge in [0.1, 0.15) is 16.9 Å². The van der Waals surface area contributed by atoms with Crippen LogP contribution >= 0.6 is 12.4 Å². The molecule has 0 aliphatic carbocycles. The molecule has 3 aromatic rings. The van der Waals surface area contributed by atoms with Crippen LogP contribution in [-0.4, -0.2) is 25.1 Å². The third-order valence-electron chi connectivity index (χ3n) is 6.02. The highest BCUT2D eigenvalue weighted by molar-refractivity contribution is 6.07. The summed E-state index contributed by atoms with van der Waals surface area (Å²) in [6.45, 7) is 0. The Bertz CT molecular complexity index is 1000. The van der Waals surface area contributed by atoms with Crippen molar-refractivity contribution in [2.24, 2.45) is 5.92 Å². The first-order valence-corrected chi connectivity index (χ1v) is 9.75. The number of ether oxygens (including phenoxy) is 1. The molecule has 6 heteroatoms. The van der Waals surface area contributed by atoms with Crippen LogP contribution in [0.3, 0.4) is 0 Å². The molecule has 28 heavy (non-hydrogen) atoms. The molecular formula is C22H25ClN2O3. The second kappa shape index (κ2) is 7.64. The summed E-state index contributed by atoms with van der Waals surface area (Å²) < 4.78 is 11.5. The minimum Gasteiger partial charge on any atom is -0.495 e. The molecule has 5 nitrogen and oxygen atoms in total. The quantitative estimate of drug-likeness (QED) is 0.655. The predicted octanol–water partition coefficient (Wildman–Crippen LogP) is 4.88. The molecule has 2 saturated heterocycles. The van der Waals surface area contributed by atoms with Gasteiger partial charge in [0.15, 0.2) is 0 Å². The van der Waals surface area contributed by atoms with Gasteiger partial charge >= 0.3 is 0 Å². The first-order valence-electron chi connectivity index (χ1n) is 9.75. The summed E-state index contributed by atoms with van der Waals surface area (Å²) in [6, 6.07) is 12.9. The van der Waals surface area contributed by atoms with Crippen molar-refractivity contribution >= 4 is 45.9 Å². The van der Waals surface area contributed by atoms with Crippen molar-refractivity contribution < 1.29 is 13.9 Å². The Morgan fingerprint density at radius 1 is 1.14 bits per heavy atom. The maximum Gasteiger partial charge on any atom is 0.224 e. The average molecular weight is 401 g/mol. The molecule has 2 N–H and O–H groups in total. The maximum absolute atomic E-state index is 12.7. The summed E-state index contributed by atoms with van der Waals surface area (Å²) >= 11 is 0. The molecule has 2 atom stereocenters. The number of carbonyl (C=O) groups excluding carboxylic acids is 1. The van der Waals surface area contributed by atoms with E-state index in [1.54, 1.807) is 7.11 Å². The van der Waals surface area contributed by atoms with Gasteiger partial charge in [0, 0.05) is 35.3 Å². The van der Waals surface area contributed by atoms with Crippen molar-refractivity contribution in [3.05, 3.63) is 36.4 Å². The molecule has 2 aliphatic heterocycles. The molecule has 2 unspecified atom stereocenters. The number of hydrogen-bond donors (Lipinski definition) is 2. The third kappa shape index (κ3) is 3.45. The third-order valence-corrected chi connectivity index (χ3v) is 6.02.